The van der Waals surface area contributed by atoms with Gasteiger partial charge in [0.2, 0.25) is 5.91 Å². The van der Waals surface area contributed by atoms with Crippen LogP contribution in [0.15, 0.2) is 24.3 Å². The van der Waals surface area contributed by atoms with Gasteiger partial charge < -0.3 is 10.6 Å². The SMILES string of the molecule is CCC(CN)CC(=O)N(C)Cc1cccc(F)c1. The van der Waals surface area contributed by atoms with Gasteiger partial charge in [-0.3, -0.25) is 4.79 Å². The number of carbonyl (C=O) groups excluding carboxylic acids is 1. The monoisotopic (exact) mass is 252 g/mol. The molecule has 1 rings (SSSR count). The number of amides is 1. The van der Waals surface area contributed by atoms with Crippen LogP contribution in [-0.2, 0) is 11.3 Å². The van der Waals surface area contributed by atoms with Crippen LogP contribution in [0.2, 0.25) is 0 Å². The molecule has 0 aliphatic rings. The Morgan fingerprint density at radius 1 is 1.50 bits per heavy atom. The molecule has 1 unspecified atom stereocenters. The van der Waals surface area contributed by atoms with Crippen LogP contribution in [0, 0.1) is 11.7 Å². The van der Waals surface area contributed by atoms with Crippen molar-refractivity contribution >= 4 is 5.91 Å². The molecule has 0 bridgehead atoms. The van der Waals surface area contributed by atoms with Crippen LogP contribution >= 0.6 is 0 Å². The van der Waals surface area contributed by atoms with E-state index in [0.29, 0.717) is 19.5 Å². The van der Waals surface area contributed by atoms with Crippen LogP contribution in [0.4, 0.5) is 4.39 Å². The molecule has 0 aliphatic heterocycles. The van der Waals surface area contributed by atoms with E-state index in [9.17, 15) is 9.18 Å². The van der Waals surface area contributed by atoms with Crippen molar-refractivity contribution in [2.24, 2.45) is 11.7 Å². The third kappa shape index (κ3) is 4.45. The molecule has 0 saturated carbocycles. The zero-order valence-electron chi connectivity index (χ0n) is 11.0. The van der Waals surface area contributed by atoms with Gasteiger partial charge in [-0.2, -0.15) is 0 Å². The van der Waals surface area contributed by atoms with Crippen LogP contribution in [0.5, 0.6) is 0 Å². The number of halogens is 1. The van der Waals surface area contributed by atoms with Crippen LogP contribution < -0.4 is 5.73 Å². The van der Waals surface area contributed by atoms with E-state index >= 15 is 0 Å². The van der Waals surface area contributed by atoms with Gasteiger partial charge in [0.25, 0.3) is 0 Å². The number of nitrogens with zero attached hydrogens (tertiary/aromatic N) is 1. The summed E-state index contributed by atoms with van der Waals surface area (Å²) in [5, 5.41) is 0. The summed E-state index contributed by atoms with van der Waals surface area (Å²) in [5.74, 6) is 0.00534. The number of hydrogen-bond acceptors (Lipinski definition) is 2. The first-order valence-corrected chi connectivity index (χ1v) is 6.25. The molecule has 0 heterocycles. The standard InChI is InChI=1S/C14H21FN2O/c1-3-11(9-16)8-14(18)17(2)10-12-5-4-6-13(15)7-12/h4-7,11H,3,8-10,16H2,1-2H3. The summed E-state index contributed by atoms with van der Waals surface area (Å²) < 4.78 is 13.0. The van der Waals surface area contributed by atoms with Gasteiger partial charge in [0.05, 0.1) is 0 Å². The summed E-state index contributed by atoms with van der Waals surface area (Å²) in [4.78, 5) is 13.6. The maximum atomic E-state index is 13.0. The van der Waals surface area contributed by atoms with Crippen molar-refractivity contribution in [2.45, 2.75) is 26.3 Å². The van der Waals surface area contributed by atoms with E-state index in [2.05, 4.69) is 0 Å². The number of hydrogen-bond donors (Lipinski definition) is 1. The lowest BCUT2D eigenvalue weighted by atomic mass is 10.0. The van der Waals surface area contributed by atoms with E-state index < -0.39 is 0 Å². The Balaban J connectivity index is 2.54. The third-order valence-electron chi connectivity index (χ3n) is 3.11. The molecule has 1 amide bonds. The number of benzene rings is 1. The fourth-order valence-corrected chi connectivity index (χ4v) is 1.79. The third-order valence-corrected chi connectivity index (χ3v) is 3.11. The van der Waals surface area contributed by atoms with Gasteiger partial charge in [-0.25, -0.2) is 4.39 Å². The average molecular weight is 252 g/mol. The molecule has 1 atom stereocenters. The minimum absolute atomic E-state index is 0.0524. The summed E-state index contributed by atoms with van der Waals surface area (Å²) in [6.07, 6.45) is 1.36. The van der Waals surface area contributed by atoms with E-state index in [-0.39, 0.29) is 17.6 Å². The Labute approximate surface area is 108 Å². The molecular weight excluding hydrogens is 231 g/mol. The van der Waals surface area contributed by atoms with Crippen molar-refractivity contribution in [3.63, 3.8) is 0 Å². The molecule has 4 heteroatoms. The highest BCUT2D eigenvalue weighted by molar-refractivity contribution is 5.76. The van der Waals surface area contributed by atoms with Crippen LogP contribution in [0.3, 0.4) is 0 Å². The fourth-order valence-electron chi connectivity index (χ4n) is 1.79. The predicted octanol–water partition coefficient (Wildman–Crippen LogP) is 2.16. The van der Waals surface area contributed by atoms with Crippen LogP contribution in [0.1, 0.15) is 25.3 Å². The maximum absolute atomic E-state index is 13.0. The van der Waals surface area contributed by atoms with Gasteiger partial charge in [0, 0.05) is 20.0 Å². The van der Waals surface area contributed by atoms with Gasteiger partial charge in [0.1, 0.15) is 5.82 Å². The van der Waals surface area contributed by atoms with Crippen molar-refractivity contribution in [3.05, 3.63) is 35.6 Å². The summed E-state index contributed by atoms with van der Waals surface area (Å²) in [5.41, 5.74) is 6.38. The van der Waals surface area contributed by atoms with Gasteiger partial charge >= 0.3 is 0 Å². The van der Waals surface area contributed by atoms with E-state index in [1.54, 1.807) is 18.0 Å². The molecule has 1 aromatic carbocycles. The number of carbonyl (C=O) groups is 1. The second kappa shape index (κ2) is 7.11. The van der Waals surface area contributed by atoms with Crippen LogP contribution in [0.25, 0.3) is 0 Å². The maximum Gasteiger partial charge on any atom is 0.222 e. The quantitative estimate of drug-likeness (QED) is 0.843. The zero-order chi connectivity index (χ0) is 13.5. The van der Waals surface area contributed by atoms with E-state index in [0.717, 1.165) is 12.0 Å². The molecule has 0 radical (unpaired) electrons. The van der Waals surface area contributed by atoms with E-state index in [4.69, 9.17) is 5.73 Å². The molecule has 0 aromatic heterocycles. The van der Waals surface area contributed by atoms with Crippen molar-refractivity contribution < 1.29 is 9.18 Å². The van der Waals surface area contributed by atoms with Gasteiger partial charge in [0.15, 0.2) is 0 Å². The number of rotatable bonds is 6. The van der Waals surface area contributed by atoms with E-state index in [1.807, 2.05) is 13.0 Å². The Morgan fingerprint density at radius 2 is 2.22 bits per heavy atom. The molecule has 0 saturated heterocycles. The van der Waals surface area contributed by atoms with Crippen molar-refractivity contribution in [1.29, 1.82) is 0 Å². The van der Waals surface area contributed by atoms with Gasteiger partial charge in [-0.15, -0.1) is 0 Å². The second-order valence-corrected chi connectivity index (χ2v) is 4.59. The first kappa shape index (κ1) is 14.6. The zero-order valence-corrected chi connectivity index (χ0v) is 11.0. The average Bonchev–Trinajstić information content (AvgIpc) is 2.35. The van der Waals surface area contributed by atoms with Crippen LogP contribution in [-0.4, -0.2) is 24.4 Å². The molecule has 0 fully saturated rings. The Morgan fingerprint density at radius 3 is 2.78 bits per heavy atom. The van der Waals surface area contributed by atoms with E-state index in [1.165, 1.54) is 12.1 Å². The van der Waals surface area contributed by atoms with Crippen molar-refractivity contribution in [1.82, 2.24) is 4.90 Å². The van der Waals surface area contributed by atoms with Crippen molar-refractivity contribution in [3.8, 4) is 0 Å². The lowest BCUT2D eigenvalue weighted by molar-refractivity contribution is -0.131. The Kier molecular flexibility index (Phi) is 5.78. The summed E-state index contributed by atoms with van der Waals surface area (Å²) in [6.45, 7) is 2.98. The smallest absolute Gasteiger partial charge is 0.222 e. The minimum Gasteiger partial charge on any atom is -0.341 e. The fraction of sp³-hybridized carbons (Fsp3) is 0.500. The first-order valence-electron chi connectivity index (χ1n) is 6.25. The summed E-state index contributed by atoms with van der Waals surface area (Å²) in [6, 6.07) is 6.31. The highest BCUT2D eigenvalue weighted by Crippen LogP contribution is 2.11. The van der Waals surface area contributed by atoms with Crippen molar-refractivity contribution in [2.75, 3.05) is 13.6 Å². The lowest BCUT2D eigenvalue weighted by Gasteiger charge is -2.20. The topological polar surface area (TPSA) is 46.3 Å². The first-order chi connectivity index (χ1) is 8.56. The Hall–Kier alpha value is -1.42. The molecule has 0 spiro atoms. The molecular formula is C14H21FN2O. The highest BCUT2D eigenvalue weighted by atomic mass is 19.1. The number of nitrogens with two attached hydrogens (primary N) is 1. The van der Waals surface area contributed by atoms with Gasteiger partial charge in [-0.05, 0) is 30.2 Å². The normalized spacial score (nSPS) is 12.2. The highest BCUT2D eigenvalue weighted by Gasteiger charge is 2.14. The molecule has 1 aromatic rings. The van der Waals surface area contributed by atoms with Gasteiger partial charge in [-0.1, -0.05) is 25.5 Å². The summed E-state index contributed by atoms with van der Waals surface area (Å²) >= 11 is 0. The largest absolute Gasteiger partial charge is 0.341 e. The molecule has 3 nitrogen and oxygen atoms in total. The second-order valence-electron chi connectivity index (χ2n) is 4.59. The predicted molar refractivity (Wildman–Crippen MR) is 70.3 cm³/mol. The molecule has 2 N–H and O–H groups in total. The Bertz CT molecular complexity index is 391. The summed E-state index contributed by atoms with van der Waals surface area (Å²) in [7, 11) is 1.73. The molecule has 18 heavy (non-hydrogen) atoms. The lowest BCUT2D eigenvalue weighted by Crippen LogP contribution is -2.29. The minimum atomic E-state index is -0.276. The molecule has 0 aliphatic carbocycles. The molecule has 100 valence electrons.